The summed E-state index contributed by atoms with van der Waals surface area (Å²) in [4.78, 5) is 4.30. The first-order valence-corrected chi connectivity index (χ1v) is 7.45. The quantitative estimate of drug-likeness (QED) is 0.883. The van der Waals surface area contributed by atoms with E-state index >= 15 is 0 Å². The van der Waals surface area contributed by atoms with Gasteiger partial charge in [0, 0.05) is 19.0 Å². The molecule has 2 rings (SSSR count). The fourth-order valence-corrected chi connectivity index (χ4v) is 3.43. The Balaban J connectivity index is 2.34. The summed E-state index contributed by atoms with van der Waals surface area (Å²) in [5, 5.41) is 3.49. The van der Waals surface area contributed by atoms with Crippen molar-refractivity contribution >= 4 is 0 Å². The Hall–Kier alpha value is -0.930. The van der Waals surface area contributed by atoms with Crippen molar-refractivity contribution < 1.29 is 4.74 Å². The first-order chi connectivity index (χ1) is 9.23. The molecule has 1 fully saturated rings. The zero-order chi connectivity index (χ0) is 13.7. The number of nitrogens with one attached hydrogen (secondary N) is 1. The van der Waals surface area contributed by atoms with Crippen LogP contribution in [0, 0.1) is 6.92 Å². The molecule has 0 aliphatic heterocycles. The molecule has 1 aliphatic carbocycles. The number of nitrogens with zero attached hydrogens (tertiary/aromatic N) is 1. The van der Waals surface area contributed by atoms with Crippen molar-refractivity contribution in [2.24, 2.45) is 0 Å². The maximum atomic E-state index is 6.24. The summed E-state index contributed by atoms with van der Waals surface area (Å²) in [6.07, 6.45) is 9.99. The van der Waals surface area contributed by atoms with Crippen molar-refractivity contribution in [2.75, 3.05) is 13.7 Å². The third-order valence-electron chi connectivity index (χ3n) is 4.34. The van der Waals surface area contributed by atoms with Crippen LogP contribution in [0.1, 0.15) is 56.2 Å². The Morgan fingerprint density at radius 1 is 1.37 bits per heavy atom. The minimum atomic E-state index is -0.0600. The molecule has 1 saturated carbocycles. The predicted molar refractivity (Wildman–Crippen MR) is 78.2 cm³/mol. The Labute approximate surface area is 116 Å². The van der Waals surface area contributed by atoms with Crippen LogP contribution in [0.4, 0.5) is 0 Å². The molecule has 0 amide bonds. The van der Waals surface area contributed by atoms with Crippen molar-refractivity contribution in [3.63, 3.8) is 0 Å². The van der Waals surface area contributed by atoms with E-state index in [4.69, 9.17) is 4.74 Å². The standard InChI is InChI=1S/C16H26N2O/c1-4-19-16(9-6-5-7-10-16)15(17-3)14-12-18-11-8-13(14)2/h8,11-12,15,17H,4-7,9-10H2,1-3H3. The van der Waals surface area contributed by atoms with Gasteiger partial charge in [0.05, 0.1) is 11.6 Å². The fraction of sp³-hybridized carbons (Fsp3) is 0.688. The maximum absolute atomic E-state index is 6.24. The van der Waals surface area contributed by atoms with E-state index in [2.05, 4.69) is 30.2 Å². The van der Waals surface area contributed by atoms with Crippen molar-refractivity contribution in [1.29, 1.82) is 0 Å². The van der Waals surface area contributed by atoms with Crippen LogP contribution in [0.5, 0.6) is 0 Å². The zero-order valence-corrected chi connectivity index (χ0v) is 12.4. The van der Waals surface area contributed by atoms with Crippen LogP contribution in [0.15, 0.2) is 18.5 Å². The first kappa shape index (κ1) is 14.5. The molecule has 1 aliphatic rings. The minimum absolute atomic E-state index is 0.0600. The third-order valence-corrected chi connectivity index (χ3v) is 4.34. The van der Waals surface area contributed by atoms with Crippen molar-refractivity contribution in [2.45, 2.75) is 57.6 Å². The number of likely N-dealkylation sites (N-methyl/N-ethyl adjacent to an activating group) is 1. The van der Waals surface area contributed by atoms with Gasteiger partial charge in [0.25, 0.3) is 0 Å². The Bertz CT molecular complexity index is 394. The molecule has 3 heteroatoms. The molecule has 1 heterocycles. The number of pyridine rings is 1. The highest BCUT2D eigenvalue weighted by Gasteiger charge is 2.41. The van der Waals surface area contributed by atoms with Gasteiger partial charge in [-0.1, -0.05) is 19.3 Å². The number of rotatable bonds is 5. The van der Waals surface area contributed by atoms with E-state index in [0.717, 1.165) is 19.4 Å². The topological polar surface area (TPSA) is 34.1 Å². The molecule has 1 aromatic rings. The Morgan fingerprint density at radius 3 is 2.68 bits per heavy atom. The van der Waals surface area contributed by atoms with E-state index in [-0.39, 0.29) is 11.6 Å². The maximum Gasteiger partial charge on any atom is 0.0876 e. The van der Waals surface area contributed by atoms with Gasteiger partial charge in [-0.2, -0.15) is 0 Å². The molecule has 1 unspecified atom stereocenters. The molecule has 19 heavy (non-hydrogen) atoms. The predicted octanol–water partition coefficient (Wildman–Crippen LogP) is 3.39. The van der Waals surface area contributed by atoms with Gasteiger partial charge in [-0.15, -0.1) is 0 Å². The lowest BCUT2D eigenvalue weighted by atomic mass is 9.76. The summed E-state index contributed by atoms with van der Waals surface area (Å²) in [5.74, 6) is 0. The summed E-state index contributed by atoms with van der Waals surface area (Å²) in [7, 11) is 2.03. The molecular formula is C16H26N2O. The number of aromatic nitrogens is 1. The normalized spacial score (nSPS) is 20.2. The van der Waals surface area contributed by atoms with Gasteiger partial charge in [-0.05, 0) is 50.9 Å². The molecule has 0 radical (unpaired) electrons. The molecular weight excluding hydrogens is 236 g/mol. The van der Waals surface area contributed by atoms with Gasteiger partial charge in [0.1, 0.15) is 0 Å². The van der Waals surface area contributed by atoms with Gasteiger partial charge in [-0.3, -0.25) is 4.98 Å². The van der Waals surface area contributed by atoms with Crippen LogP contribution in [0.2, 0.25) is 0 Å². The molecule has 0 saturated heterocycles. The monoisotopic (exact) mass is 262 g/mol. The number of aryl methyl sites for hydroxylation is 1. The summed E-state index contributed by atoms with van der Waals surface area (Å²) < 4.78 is 6.24. The molecule has 0 spiro atoms. The second-order valence-electron chi connectivity index (χ2n) is 5.51. The smallest absolute Gasteiger partial charge is 0.0876 e. The lowest BCUT2D eigenvalue weighted by Crippen LogP contribution is -2.47. The molecule has 3 nitrogen and oxygen atoms in total. The van der Waals surface area contributed by atoms with E-state index in [1.165, 1.54) is 30.4 Å². The largest absolute Gasteiger partial charge is 0.373 e. The van der Waals surface area contributed by atoms with Crippen LogP contribution < -0.4 is 5.32 Å². The molecule has 1 N–H and O–H groups in total. The molecule has 1 atom stereocenters. The van der Waals surface area contributed by atoms with Gasteiger partial charge in [0.15, 0.2) is 0 Å². The highest BCUT2D eigenvalue weighted by Crippen LogP contribution is 2.41. The zero-order valence-electron chi connectivity index (χ0n) is 12.4. The SMILES string of the molecule is CCOC1(C(NC)c2cnccc2C)CCCCC1. The van der Waals surface area contributed by atoms with Crippen LogP contribution in [0.25, 0.3) is 0 Å². The van der Waals surface area contributed by atoms with Crippen LogP contribution in [-0.4, -0.2) is 24.2 Å². The van der Waals surface area contributed by atoms with Crippen molar-refractivity contribution in [1.82, 2.24) is 10.3 Å². The second kappa shape index (κ2) is 6.49. The van der Waals surface area contributed by atoms with E-state index < -0.39 is 0 Å². The van der Waals surface area contributed by atoms with Gasteiger partial charge in [0.2, 0.25) is 0 Å². The summed E-state index contributed by atoms with van der Waals surface area (Å²) >= 11 is 0. The van der Waals surface area contributed by atoms with E-state index in [1.807, 2.05) is 19.4 Å². The van der Waals surface area contributed by atoms with E-state index in [9.17, 15) is 0 Å². The molecule has 106 valence electrons. The number of hydrogen-bond donors (Lipinski definition) is 1. The summed E-state index contributed by atoms with van der Waals surface area (Å²) in [5.41, 5.74) is 2.51. The van der Waals surface area contributed by atoms with Crippen molar-refractivity contribution in [3.05, 3.63) is 29.6 Å². The Kier molecular flexibility index (Phi) is 4.94. The van der Waals surface area contributed by atoms with E-state index in [0.29, 0.717) is 0 Å². The van der Waals surface area contributed by atoms with Crippen LogP contribution in [0.3, 0.4) is 0 Å². The van der Waals surface area contributed by atoms with Crippen LogP contribution >= 0.6 is 0 Å². The number of ether oxygens (including phenoxy) is 1. The second-order valence-corrected chi connectivity index (χ2v) is 5.51. The van der Waals surface area contributed by atoms with Gasteiger partial charge in [-0.25, -0.2) is 0 Å². The molecule has 0 aromatic carbocycles. The average Bonchev–Trinajstić information content (AvgIpc) is 2.43. The van der Waals surface area contributed by atoms with Gasteiger partial charge < -0.3 is 10.1 Å². The van der Waals surface area contributed by atoms with Crippen molar-refractivity contribution in [3.8, 4) is 0 Å². The third kappa shape index (κ3) is 2.98. The summed E-state index contributed by atoms with van der Waals surface area (Å²) in [6.45, 7) is 5.03. The lowest BCUT2D eigenvalue weighted by Gasteiger charge is -2.43. The minimum Gasteiger partial charge on any atom is -0.373 e. The van der Waals surface area contributed by atoms with Crippen LogP contribution in [-0.2, 0) is 4.74 Å². The number of hydrogen-bond acceptors (Lipinski definition) is 3. The highest BCUT2D eigenvalue weighted by atomic mass is 16.5. The lowest BCUT2D eigenvalue weighted by molar-refractivity contribution is -0.0900. The molecule has 1 aromatic heterocycles. The first-order valence-electron chi connectivity index (χ1n) is 7.45. The highest BCUT2D eigenvalue weighted by molar-refractivity contribution is 5.28. The fourth-order valence-electron chi connectivity index (χ4n) is 3.43. The molecule has 0 bridgehead atoms. The van der Waals surface area contributed by atoms with E-state index in [1.54, 1.807) is 0 Å². The van der Waals surface area contributed by atoms with Gasteiger partial charge >= 0.3 is 0 Å². The Morgan fingerprint density at radius 2 is 2.11 bits per heavy atom. The summed E-state index contributed by atoms with van der Waals surface area (Å²) in [6, 6.07) is 2.32. The average molecular weight is 262 g/mol.